The van der Waals surface area contributed by atoms with E-state index in [9.17, 15) is 0 Å². The topological polar surface area (TPSA) is 71.3 Å². The molecule has 2 heterocycles. The Morgan fingerprint density at radius 1 is 0.969 bits per heavy atom. The molecule has 1 aliphatic rings. The van der Waals surface area contributed by atoms with Gasteiger partial charge in [0.05, 0.1) is 21.3 Å². The molecule has 0 saturated heterocycles. The van der Waals surface area contributed by atoms with Crippen molar-refractivity contribution in [2.45, 2.75) is 49.7 Å². The minimum atomic E-state index is 0.394. The fraction of sp³-hybridized carbons (Fsp3) is 0.458. The Kier molecular flexibility index (Phi) is 7.52. The molecule has 1 saturated carbocycles. The van der Waals surface area contributed by atoms with Gasteiger partial charge >= 0.3 is 0 Å². The van der Waals surface area contributed by atoms with Crippen molar-refractivity contribution in [2.24, 2.45) is 0 Å². The molecule has 0 bridgehead atoms. The van der Waals surface area contributed by atoms with E-state index in [0.717, 1.165) is 47.3 Å². The fourth-order valence-electron chi connectivity index (χ4n) is 4.24. The highest BCUT2D eigenvalue weighted by Crippen LogP contribution is 2.43. The average molecular weight is 455 g/mol. The molecule has 7 nitrogen and oxygen atoms in total. The van der Waals surface area contributed by atoms with Crippen LogP contribution in [-0.2, 0) is 6.42 Å². The summed E-state index contributed by atoms with van der Waals surface area (Å²) < 4.78 is 19.0. The smallest absolute Gasteiger partial charge is 0.203 e. The normalized spacial score (nSPS) is 14.3. The molecular weight excluding hydrogens is 424 g/mol. The van der Waals surface area contributed by atoms with Crippen molar-refractivity contribution >= 4 is 11.8 Å². The number of rotatable bonds is 9. The van der Waals surface area contributed by atoms with Gasteiger partial charge in [-0.3, -0.25) is 9.55 Å². The Morgan fingerprint density at radius 2 is 1.72 bits per heavy atom. The first-order valence-electron chi connectivity index (χ1n) is 11.0. The summed E-state index contributed by atoms with van der Waals surface area (Å²) in [5.74, 6) is 3.55. The van der Waals surface area contributed by atoms with E-state index in [0.29, 0.717) is 23.3 Å². The second-order valence-corrected chi connectivity index (χ2v) is 8.86. The number of methoxy groups -OCH3 is 3. The molecule has 1 aliphatic carbocycles. The Hall–Kier alpha value is -2.74. The van der Waals surface area contributed by atoms with E-state index >= 15 is 0 Å². The second-order valence-electron chi connectivity index (χ2n) is 7.80. The molecule has 1 aromatic carbocycles. The summed E-state index contributed by atoms with van der Waals surface area (Å²) in [6, 6.07) is 10.3. The highest BCUT2D eigenvalue weighted by atomic mass is 32.2. The fourth-order valence-corrected chi connectivity index (χ4v) is 5.21. The summed E-state index contributed by atoms with van der Waals surface area (Å²) in [5.41, 5.74) is 2.00. The Labute approximate surface area is 193 Å². The SMILES string of the molecule is COc1cc(-c2nnc(SCCc3ccccn3)n2C2CCCCC2)cc(OC)c1OC. The monoisotopic (exact) mass is 454 g/mol. The molecular formula is C24H30N4O3S. The average Bonchev–Trinajstić information content (AvgIpc) is 3.28. The van der Waals surface area contributed by atoms with Gasteiger partial charge in [0.2, 0.25) is 5.75 Å². The van der Waals surface area contributed by atoms with E-state index in [2.05, 4.69) is 25.8 Å². The lowest BCUT2D eigenvalue weighted by atomic mass is 9.95. The zero-order valence-corrected chi connectivity index (χ0v) is 19.7. The Bertz CT molecular complexity index is 994. The lowest BCUT2D eigenvalue weighted by Gasteiger charge is -2.26. The van der Waals surface area contributed by atoms with Crippen molar-refractivity contribution in [1.82, 2.24) is 19.7 Å². The molecule has 0 radical (unpaired) electrons. The van der Waals surface area contributed by atoms with Crippen LogP contribution in [0.25, 0.3) is 11.4 Å². The molecule has 0 amide bonds. The standard InChI is InChI=1S/C24H30N4O3S/c1-29-20-15-17(16-21(30-2)22(20)31-3)23-26-27-24(28(23)19-10-5-4-6-11-19)32-14-12-18-9-7-8-13-25-18/h7-9,13,15-16,19H,4-6,10-12,14H2,1-3H3. The van der Waals surface area contributed by atoms with Crippen LogP contribution in [-0.4, -0.2) is 46.8 Å². The maximum Gasteiger partial charge on any atom is 0.203 e. The van der Waals surface area contributed by atoms with Gasteiger partial charge in [-0.05, 0) is 43.5 Å². The number of pyridine rings is 1. The van der Waals surface area contributed by atoms with Crippen LogP contribution in [0.5, 0.6) is 17.2 Å². The third-order valence-electron chi connectivity index (χ3n) is 5.84. The van der Waals surface area contributed by atoms with E-state index in [1.165, 1.54) is 19.3 Å². The third-order valence-corrected chi connectivity index (χ3v) is 6.79. The van der Waals surface area contributed by atoms with Gasteiger partial charge in [0, 0.05) is 29.2 Å². The first-order valence-corrected chi connectivity index (χ1v) is 12.0. The molecule has 3 aromatic rings. The first kappa shape index (κ1) is 22.5. The van der Waals surface area contributed by atoms with Gasteiger partial charge in [0.25, 0.3) is 0 Å². The van der Waals surface area contributed by atoms with E-state index in [1.54, 1.807) is 33.1 Å². The molecule has 1 fully saturated rings. The van der Waals surface area contributed by atoms with Gasteiger partial charge in [0.1, 0.15) is 0 Å². The molecule has 2 aromatic heterocycles. The third kappa shape index (κ3) is 4.85. The molecule has 0 aliphatic heterocycles. The van der Waals surface area contributed by atoms with Crippen LogP contribution in [0.2, 0.25) is 0 Å². The summed E-state index contributed by atoms with van der Waals surface area (Å²) >= 11 is 1.74. The van der Waals surface area contributed by atoms with Crippen LogP contribution in [0, 0.1) is 0 Å². The molecule has 0 atom stereocenters. The number of thioether (sulfide) groups is 1. The van der Waals surface area contributed by atoms with Crippen LogP contribution in [0.4, 0.5) is 0 Å². The second kappa shape index (κ2) is 10.7. The number of aromatic nitrogens is 4. The lowest BCUT2D eigenvalue weighted by molar-refractivity contribution is 0.324. The van der Waals surface area contributed by atoms with Crippen LogP contribution in [0.15, 0.2) is 41.7 Å². The summed E-state index contributed by atoms with van der Waals surface area (Å²) in [6.07, 6.45) is 8.77. The van der Waals surface area contributed by atoms with E-state index in [-0.39, 0.29) is 0 Å². The van der Waals surface area contributed by atoms with E-state index < -0.39 is 0 Å². The summed E-state index contributed by atoms with van der Waals surface area (Å²) in [6.45, 7) is 0. The molecule has 8 heteroatoms. The van der Waals surface area contributed by atoms with Crippen molar-refractivity contribution in [3.05, 3.63) is 42.2 Å². The minimum absolute atomic E-state index is 0.394. The Balaban J connectivity index is 1.67. The van der Waals surface area contributed by atoms with Gasteiger partial charge in [-0.1, -0.05) is 37.1 Å². The van der Waals surface area contributed by atoms with Crippen LogP contribution in [0.1, 0.15) is 43.8 Å². The van der Waals surface area contributed by atoms with Crippen molar-refractivity contribution in [3.8, 4) is 28.6 Å². The van der Waals surface area contributed by atoms with Crippen molar-refractivity contribution in [1.29, 1.82) is 0 Å². The predicted octanol–water partition coefficient (Wildman–Crippen LogP) is 5.21. The highest BCUT2D eigenvalue weighted by Gasteiger charge is 2.25. The van der Waals surface area contributed by atoms with Crippen molar-refractivity contribution in [2.75, 3.05) is 27.1 Å². The first-order chi connectivity index (χ1) is 15.7. The maximum absolute atomic E-state index is 5.57. The van der Waals surface area contributed by atoms with Gasteiger partial charge < -0.3 is 14.2 Å². The summed E-state index contributed by atoms with van der Waals surface area (Å²) in [5, 5.41) is 10.2. The number of benzene rings is 1. The molecule has 0 unspecified atom stereocenters. The number of nitrogens with zero attached hydrogens (tertiary/aromatic N) is 4. The number of hydrogen-bond donors (Lipinski definition) is 0. The molecule has 0 N–H and O–H groups in total. The molecule has 4 rings (SSSR count). The zero-order chi connectivity index (χ0) is 22.3. The number of aryl methyl sites for hydroxylation is 1. The number of ether oxygens (including phenoxy) is 3. The van der Waals surface area contributed by atoms with Gasteiger partial charge in [-0.15, -0.1) is 10.2 Å². The van der Waals surface area contributed by atoms with Gasteiger partial charge in [-0.25, -0.2) is 0 Å². The van der Waals surface area contributed by atoms with Crippen molar-refractivity contribution in [3.63, 3.8) is 0 Å². The quantitative estimate of drug-likeness (QED) is 0.411. The molecule has 32 heavy (non-hydrogen) atoms. The lowest BCUT2D eigenvalue weighted by Crippen LogP contribution is -2.15. The Morgan fingerprint density at radius 3 is 2.34 bits per heavy atom. The maximum atomic E-state index is 5.57. The largest absolute Gasteiger partial charge is 0.493 e. The van der Waals surface area contributed by atoms with Crippen LogP contribution >= 0.6 is 11.8 Å². The van der Waals surface area contributed by atoms with Crippen molar-refractivity contribution < 1.29 is 14.2 Å². The van der Waals surface area contributed by atoms with Gasteiger partial charge in [-0.2, -0.15) is 0 Å². The molecule has 0 spiro atoms. The van der Waals surface area contributed by atoms with Crippen LogP contribution in [0.3, 0.4) is 0 Å². The highest BCUT2D eigenvalue weighted by molar-refractivity contribution is 7.99. The zero-order valence-electron chi connectivity index (χ0n) is 18.9. The summed E-state index contributed by atoms with van der Waals surface area (Å²) in [4.78, 5) is 4.43. The van der Waals surface area contributed by atoms with E-state index in [1.807, 2.05) is 30.5 Å². The summed E-state index contributed by atoms with van der Waals surface area (Å²) in [7, 11) is 4.87. The van der Waals surface area contributed by atoms with Crippen LogP contribution < -0.4 is 14.2 Å². The molecule has 170 valence electrons. The minimum Gasteiger partial charge on any atom is -0.493 e. The predicted molar refractivity (Wildman–Crippen MR) is 126 cm³/mol. The number of hydrogen-bond acceptors (Lipinski definition) is 7. The van der Waals surface area contributed by atoms with Gasteiger partial charge in [0.15, 0.2) is 22.5 Å². The van der Waals surface area contributed by atoms with E-state index in [4.69, 9.17) is 14.2 Å².